The SMILES string of the molecule is CCCCN(CC)[C@H](C(=O)N(Cc1ccccc1)Cc1ccc(C(=O)O)cc1)c1ccccc1. The highest BCUT2D eigenvalue weighted by molar-refractivity contribution is 5.87. The van der Waals surface area contributed by atoms with Crippen LogP contribution in [0, 0.1) is 0 Å². The molecule has 0 aliphatic rings. The molecule has 1 atom stereocenters. The first-order chi connectivity index (χ1) is 16.5. The van der Waals surface area contributed by atoms with Gasteiger partial charge in [0, 0.05) is 13.1 Å². The lowest BCUT2D eigenvalue weighted by Crippen LogP contribution is -2.43. The van der Waals surface area contributed by atoms with Gasteiger partial charge >= 0.3 is 5.97 Å². The Bertz CT molecular complexity index is 1040. The molecule has 0 saturated heterocycles. The van der Waals surface area contributed by atoms with Gasteiger partial charge in [0.2, 0.25) is 5.91 Å². The third-order valence-corrected chi connectivity index (χ3v) is 6.02. The van der Waals surface area contributed by atoms with E-state index in [0.29, 0.717) is 13.1 Å². The molecule has 5 nitrogen and oxygen atoms in total. The summed E-state index contributed by atoms with van der Waals surface area (Å²) < 4.78 is 0. The van der Waals surface area contributed by atoms with Crippen LogP contribution in [0.3, 0.4) is 0 Å². The summed E-state index contributed by atoms with van der Waals surface area (Å²) in [5, 5.41) is 9.23. The van der Waals surface area contributed by atoms with Gasteiger partial charge in [-0.05, 0) is 48.3 Å². The fourth-order valence-corrected chi connectivity index (χ4v) is 4.14. The first kappa shape index (κ1) is 25.2. The van der Waals surface area contributed by atoms with Crippen molar-refractivity contribution in [2.24, 2.45) is 0 Å². The molecule has 1 N–H and O–H groups in total. The summed E-state index contributed by atoms with van der Waals surface area (Å²) >= 11 is 0. The van der Waals surface area contributed by atoms with Crippen LogP contribution in [0.1, 0.15) is 59.8 Å². The van der Waals surface area contributed by atoms with Gasteiger partial charge in [0.25, 0.3) is 0 Å². The van der Waals surface area contributed by atoms with Crippen molar-refractivity contribution >= 4 is 11.9 Å². The minimum Gasteiger partial charge on any atom is -0.478 e. The van der Waals surface area contributed by atoms with E-state index in [0.717, 1.165) is 42.6 Å². The van der Waals surface area contributed by atoms with Crippen LogP contribution in [-0.2, 0) is 17.9 Å². The average Bonchev–Trinajstić information content (AvgIpc) is 2.87. The maximum Gasteiger partial charge on any atom is 0.335 e. The molecule has 3 rings (SSSR count). The standard InChI is InChI=1S/C29H34N2O3/c1-3-5-20-30(4-2)27(25-14-10-7-11-15-25)28(32)31(21-23-12-8-6-9-13-23)22-24-16-18-26(19-17-24)29(33)34/h6-19,27H,3-5,20-22H2,1-2H3,(H,33,34)/t27-/m0/s1. The normalized spacial score (nSPS) is 11.9. The van der Waals surface area contributed by atoms with E-state index in [1.807, 2.05) is 65.6 Å². The van der Waals surface area contributed by atoms with Gasteiger partial charge in [0.1, 0.15) is 6.04 Å². The van der Waals surface area contributed by atoms with E-state index in [4.69, 9.17) is 0 Å². The van der Waals surface area contributed by atoms with Gasteiger partial charge < -0.3 is 10.0 Å². The number of carboxylic acid groups (broad SMARTS) is 1. The molecule has 0 aromatic heterocycles. The minimum absolute atomic E-state index is 0.0512. The summed E-state index contributed by atoms with van der Waals surface area (Å²) in [5.74, 6) is -0.905. The second-order valence-electron chi connectivity index (χ2n) is 8.48. The fourth-order valence-electron chi connectivity index (χ4n) is 4.14. The summed E-state index contributed by atoms with van der Waals surface area (Å²) in [6.07, 6.45) is 2.09. The second-order valence-corrected chi connectivity index (χ2v) is 8.48. The number of unbranched alkanes of at least 4 members (excludes halogenated alkanes) is 1. The van der Waals surface area contributed by atoms with Crippen molar-refractivity contribution in [3.63, 3.8) is 0 Å². The van der Waals surface area contributed by atoms with Gasteiger partial charge in [0.15, 0.2) is 0 Å². The average molecular weight is 459 g/mol. The third-order valence-electron chi connectivity index (χ3n) is 6.02. The predicted molar refractivity (Wildman–Crippen MR) is 135 cm³/mol. The predicted octanol–water partition coefficient (Wildman–Crippen LogP) is 5.78. The van der Waals surface area contributed by atoms with Crippen molar-refractivity contribution in [3.8, 4) is 0 Å². The van der Waals surface area contributed by atoms with E-state index in [1.54, 1.807) is 24.3 Å². The molecule has 178 valence electrons. The number of carbonyl (C=O) groups is 2. The Morgan fingerprint density at radius 3 is 1.88 bits per heavy atom. The molecule has 0 aliphatic heterocycles. The summed E-state index contributed by atoms with van der Waals surface area (Å²) in [6.45, 7) is 6.78. The molecule has 0 heterocycles. The molecule has 0 saturated carbocycles. The maximum atomic E-state index is 14.2. The number of aromatic carboxylic acids is 1. The number of amides is 1. The zero-order chi connectivity index (χ0) is 24.3. The molecule has 0 fully saturated rings. The Morgan fingerprint density at radius 1 is 0.794 bits per heavy atom. The molecular formula is C29H34N2O3. The van der Waals surface area contributed by atoms with Gasteiger partial charge in [-0.25, -0.2) is 4.79 Å². The minimum atomic E-state index is -0.956. The summed E-state index contributed by atoms with van der Waals surface area (Å²) in [7, 11) is 0. The van der Waals surface area contributed by atoms with Crippen LogP contribution in [0.25, 0.3) is 0 Å². The molecule has 34 heavy (non-hydrogen) atoms. The zero-order valence-electron chi connectivity index (χ0n) is 20.1. The van der Waals surface area contributed by atoms with E-state index < -0.39 is 5.97 Å². The van der Waals surface area contributed by atoms with E-state index in [-0.39, 0.29) is 17.5 Å². The largest absolute Gasteiger partial charge is 0.478 e. The van der Waals surface area contributed by atoms with Gasteiger partial charge in [-0.3, -0.25) is 9.69 Å². The molecular weight excluding hydrogens is 424 g/mol. The van der Waals surface area contributed by atoms with Gasteiger partial charge in [-0.2, -0.15) is 0 Å². The number of carbonyl (C=O) groups excluding carboxylic acids is 1. The summed E-state index contributed by atoms with van der Waals surface area (Å²) in [6, 6.07) is 26.4. The van der Waals surface area contributed by atoms with Gasteiger partial charge in [-0.1, -0.05) is 93.1 Å². The Hall–Kier alpha value is -3.44. The summed E-state index contributed by atoms with van der Waals surface area (Å²) in [4.78, 5) is 29.6. The van der Waals surface area contributed by atoms with Crippen LogP contribution in [0.5, 0.6) is 0 Å². The first-order valence-electron chi connectivity index (χ1n) is 12.0. The van der Waals surface area contributed by atoms with Crippen LogP contribution in [-0.4, -0.2) is 39.9 Å². The molecule has 0 radical (unpaired) electrons. The van der Waals surface area contributed by atoms with Crippen LogP contribution in [0.2, 0.25) is 0 Å². The topological polar surface area (TPSA) is 60.9 Å². The van der Waals surface area contributed by atoms with Gasteiger partial charge in [0.05, 0.1) is 5.56 Å². The van der Waals surface area contributed by atoms with Crippen LogP contribution >= 0.6 is 0 Å². The Kier molecular flexibility index (Phi) is 9.41. The molecule has 3 aromatic rings. The quantitative estimate of drug-likeness (QED) is 0.374. The van der Waals surface area contributed by atoms with Crippen molar-refractivity contribution in [1.82, 2.24) is 9.80 Å². The molecule has 0 spiro atoms. The Labute approximate surface area is 202 Å². The number of rotatable bonds is 12. The molecule has 3 aromatic carbocycles. The maximum absolute atomic E-state index is 14.2. The smallest absolute Gasteiger partial charge is 0.335 e. The summed E-state index contributed by atoms with van der Waals surface area (Å²) in [5.41, 5.74) is 3.19. The molecule has 0 bridgehead atoms. The lowest BCUT2D eigenvalue weighted by Gasteiger charge is -2.35. The zero-order valence-corrected chi connectivity index (χ0v) is 20.1. The number of benzene rings is 3. The van der Waals surface area contributed by atoms with Crippen molar-refractivity contribution in [3.05, 3.63) is 107 Å². The Balaban J connectivity index is 1.96. The Morgan fingerprint density at radius 2 is 1.35 bits per heavy atom. The third kappa shape index (κ3) is 6.78. The van der Waals surface area contributed by atoms with Gasteiger partial charge in [-0.15, -0.1) is 0 Å². The van der Waals surface area contributed by atoms with E-state index in [9.17, 15) is 14.7 Å². The molecule has 0 aliphatic carbocycles. The fraction of sp³-hybridized carbons (Fsp3) is 0.310. The number of hydrogen-bond acceptors (Lipinski definition) is 3. The van der Waals surface area contributed by atoms with Crippen molar-refractivity contribution in [2.45, 2.75) is 45.8 Å². The first-order valence-corrected chi connectivity index (χ1v) is 12.0. The molecule has 1 amide bonds. The number of nitrogens with zero attached hydrogens (tertiary/aromatic N) is 2. The van der Waals surface area contributed by atoms with Crippen LogP contribution in [0.4, 0.5) is 0 Å². The molecule has 5 heteroatoms. The number of likely N-dealkylation sites (N-methyl/N-ethyl adjacent to an activating group) is 1. The van der Waals surface area contributed by atoms with Crippen molar-refractivity contribution < 1.29 is 14.7 Å². The molecule has 0 unspecified atom stereocenters. The van der Waals surface area contributed by atoms with Crippen molar-refractivity contribution in [2.75, 3.05) is 13.1 Å². The highest BCUT2D eigenvalue weighted by atomic mass is 16.4. The van der Waals surface area contributed by atoms with Crippen molar-refractivity contribution in [1.29, 1.82) is 0 Å². The van der Waals surface area contributed by atoms with E-state index in [2.05, 4.69) is 18.7 Å². The number of hydrogen-bond donors (Lipinski definition) is 1. The lowest BCUT2D eigenvalue weighted by atomic mass is 10.0. The van der Waals surface area contributed by atoms with Crippen LogP contribution < -0.4 is 0 Å². The number of carboxylic acids is 1. The second kappa shape index (κ2) is 12.7. The highest BCUT2D eigenvalue weighted by Crippen LogP contribution is 2.26. The van der Waals surface area contributed by atoms with E-state index in [1.165, 1.54) is 0 Å². The monoisotopic (exact) mass is 458 g/mol. The highest BCUT2D eigenvalue weighted by Gasteiger charge is 2.30. The van der Waals surface area contributed by atoms with E-state index >= 15 is 0 Å². The van der Waals surface area contributed by atoms with Crippen LogP contribution in [0.15, 0.2) is 84.9 Å². The lowest BCUT2D eigenvalue weighted by molar-refractivity contribution is -0.138.